The van der Waals surface area contributed by atoms with Gasteiger partial charge in [0.05, 0.1) is 4.90 Å². The number of unbranched alkanes of at least 4 members (excludes halogenated alkanes) is 1. The fourth-order valence-corrected chi connectivity index (χ4v) is 2.48. The fraction of sp³-hybridized carbons (Fsp3) is 0.500. The fourth-order valence-electron chi connectivity index (χ4n) is 1.95. The second-order valence-electron chi connectivity index (χ2n) is 4.74. The van der Waals surface area contributed by atoms with Gasteiger partial charge in [-0.05, 0) is 31.0 Å². The third-order valence-corrected chi connectivity index (χ3v) is 4.02. The van der Waals surface area contributed by atoms with Gasteiger partial charge in [-0.15, -0.1) is 0 Å². The van der Waals surface area contributed by atoms with E-state index in [2.05, 4.69) is 12.2 Å². The Bertz CT molecular complexity index is 554. The maximum atomic E-state index is 12.1. The van der Waals surface area contributed by atoms with Crippen LogP contribution in [0.15, 0.2) is 29.2 Å². The lowest BCUT2D eigenvalue weighted by Gasteiger charge is -2.14. The van der Waals surface area contributed by atoms with Crippen molar-refractivity contribution in [3.8, 4) is 0 Å². The minimum atomic E-state index is -4.25. The molecule has 0 aliphatic heterocycles. The van der Waals surface area contributed by atoms with Crippen LogP contribution < -0.4 is 5.32 Å². The molecule has 1 aromatic carbocycles. The predicted octanol–water partition coefficient (Wildman–Crippen LogP) is 3.09. The second-order valence-corrected chi connectivity index (χ2v) is 6.16. The molecule has 0 radical (unpaired) electrons. The van der Waals surface area contributed by atoms with E-state index in [1.807, 2.05) is 6.92 Å². The van der Waals surface area contributed by atoms with Gasteiger partial charge in [0.2, 0.25) is 5.91 Å². The van der Waals surface area contributed by atoms with Gasteiger partial charge in [-0.1, -0.05) is 32.8 Å². The largest absolute Gasteiger partial charge is 0.326 e. The first-order valence-corrected chi connectivity index (χ1v) is 8.20. The van der Waals surface area contributed by atoms with Gasteiger partial charge in [0, 0.05) is 11.6 Å². The highest BCUT2D eigenvalue weighted by Gasteiger charge is 2.17. The third kappa shape index (κ3) is 4.94. The lowest BCUT2D eigenvalue weighted by molar-refractivity contribution is -0.120. The minimum absolute atomic E-state index is 0.0793. The molecule has 0 aliphatic rings. The number of carbonyl (C=O) groups excluding carboxylic acids is 1. The van der Waals surface area contributed by atoms with Crippen LogP contribution in [0.3, 0.4) is 0 Å². The van der Waals surface area contributed by atoms with Crippen LogP contribution in [0.5, 0.6) is 0 Å². The maximum Gasteiger partial charge on any atom is 0.294 e. The topological polar surface area (TPSA) is 83.5 Å². The molecular weight excluding hydrogens is 278 g/mol. The van der Waals surface area contributed by atoms with E-state index in [0.717, 1.165) is 25.7 Å². The first-order chi connectivity index (χ1) is 9.38. The van der Waals surface area contributed by atoms with Crippen molar-refractivity contribution in [2.75, 3.05) is 5.32 Å². The van der Waals surface area contributed by atoms with Gasteiger partial charge in [-0.25, -0.2) is 0 Å². The summed E-state index contributed by atoms with van der Waals surface area (Å²) in [5, 5.41) is 2.70. The zero-order chi connectivity index (χ0) is 15.2. The number of hydrogen-bond acceptors (Lipinski definition) is 3. The van der Waals surface area contributed by atoms with E-state index in [1.54, 1.807) is 6.07 Å². The van der Waals surface area contributed by atoms with Crippen molar-refractivity contribution < 1.29 is 17.8 Å². The number of carbonyl (C=O) groups is 1. The van der Waals surface area contributed by atoms with Gasteiger partial charge in [0.1, 0.15) is 0 Å². The van der Waals surface area contributed by atoms with Crippen molar-refractivity contribution in [3.63, 3.8) is 0 Å². The van der Waals surface area contributed by atoms with E-state index in [1.165, 1.54) is 18.2 Å². The van der Waals surface area contributed by atoms with Crippen LogP contribution in [0.4, 0.5) is 5.69 Å². The lowest BCUT2D eigenvalue weighted by Crippen LogP contribution is -2.22. The molecule has 0 saturated carbocycles. The molecule has 0 saturated heterocycles. The lowest BCUT2D eigenvalue weighted by atomic mass is 9.98. The zero-order valence-corrected chi connectivity index (χ0v) is 12.6. The number of benzene rings is 1. The Balaban J connectivity index is 2.80. The summed E-state index contributed by atoms with van der Waals surface area (Å²) < 4.78 is 31.1. The van der Waals surface area contributed by atoms with E-state index in [0.29, 0.717) is 5.69 Å². The minimum Gasteiger partial charge on any atom is -0.326 e. The molecule has 2 N–H and O–H groups in total. The molecule has 1 amide bonds. The number of rotatable bonds is 7. The summed E-state index contributed by atoms with van der Waals surface area (Å²) in [6.45, 7) is 4.02. The van der Waals surface area contributed by atoms with Crippen LogP contribution in [-0.4, -0.2) is 18.9 Å². The highest BCUT2D eigenvalue weighted by atomic mass is 32.2. The van der Waals surface area contributed by atoms with E-state index >= 15 is 0 Å². The monoisotopic (exact) mass is 299 g/mol. The Morgan fingerprint density at radius 3 is 2.60 bits per heavy atom. The molecule has 1 aromatic rings. The molecule has 0 heterocycles. The molecule has 0 fully saturated rings. The van der Waals surface area contributed by atoms with E-state index in [4.69, 9.17) is 4.55 Å². The molecule has 20 heavy (non-hydrogen) atoms. The first-order valence-electron chi connectivity index (χ1n) is 6.76. The van der Waals surface area contributed by atoms with Gasteiger partial charge in [-0.2, -0.15) is 8.42 Å². The SMILES string of the molecule is CCCCC(CC)C(=O)Nc1cccc(S(=O)(=O)O)c1. The molecule has 0 bridgehead atoms. The van der Waals surface area contributed by atoms with Gasteiger partial charge in [-0.3, -0.25) is 9.35 Å². The molecule has 112 valence electrons. The molecule has 1 unspecified atom stereocenters. The van der Waals surface area contributed by atoms with Gasteiger partial charge in [0.25, 0.3) is 10.1 Å². The van der Waals surface area contributed by atoms with Crippen molar-refractivity contribution in [2.45, 2.75) is 44.4 Å². The van der Waals surface area contributed by atoms with Crippen molar-refractivity contribution in [1.29, 1.82) is 0 Å². The van der Waals surface area contributed by atoms with Crippen LogP contribution in [-0.2, 0) is 14.9 Å². The molecule has 0 aromatic heterocycles. The maximum absolute atomic E-state index is 12.1. The highest BCUT2D eigenvalue weighted by Crippen LogP contribution is 2.18. The molecule has 6 heteroatoms. The van der Waals surface area contributed by atoms with Crippen LogP contribution in [0.25, 0.3) is 0 Å². The predicted molar refractivity (Wildman–Crippen MR) is 78.2 cm³/mol. The Labute approximate surface area is 120 Å². The van der Waals surface area contributed by atoms with E-state index < -0.39 is 10.1 Å². The van der Waals surface area contributed by atoms with Crippen LogP contribution >= 0.6 is 0 Å². The Hall–Kier alpha value is -1.40. The Morgan fingerprint density at radius 2 is 2.05 bits per heavy atom. The van der Waals surface area contributed by atoms with Crippen LogP contribution in [0, 0.1) is 5.92 Å². The zero-order valence-electron chi connectivity index (χ0n) is 11.8. The van der Waals surface area contributed by atoms with Gasteiger partial charge < -0.3 is 5.32 Å². The average molecular weight is 299 g/mol. The molecule has 5 nitrogen and oxygen atoms in total. The summed E-state index contributed by atoms with van der Waals surface area (Å²) in [5.74, 6) is -0.197. The summed E-state index contributed by atoms with van der Waals surface area (Å²) in [6.07, 6.45) is 3.57. The Kier molecular flexibility index (Phi) is 6.16. The summed E-state index contributed by atoms with van der Waals surface area (Å²) >= 11 is 0. The summed E-state index contributed by atoms with van der Waals surface area (Å²) in [7, 11) is -4.25. The van der Waals surface area contributed by atoms with E-state index in [9.17, 15) is 13.2 Å². The Morgan fingerprint density at radius 1 is 1.35 bits per heavy atom. The van der Waals surface area contributed by atoms with Crippen molar-refractivity contribution in [1.82, 2.24) is 0 Å². The average Bonchev–Trinajstić information content (AvgIpc) is 2.39. The van der Waals surface area contributed by atoms with Gasteiger partial charge >= 0.3 is 0 Å². The third-order valence-electron chi connectivity index (χ3n) is 3.17. The smallest absolute Gasteiger partial charge is 0.294 e. The molecular formula is C14H21NO4S. The van der Waals surface area contributed by atoms with Gasteiger partial charge in [0.15, 0.2) is 0 Å². The normalized spacial score (nSPS) is 12.9. The molecule has 1 atom stereocenters. The second kappa shape index (κ2) is 7.40. The standard InChI is InChI=1S/C14H21NO4S/c1-3-5-7-11(4-2)14(16)15-12-8-6-9-13(10-12)20(17,18)19/h6,8-11H,3-5,7H2,1-2H3,(H,15,16)(H,17,18,19). The highest BCUT2D eigenvalue weighted by molar-refractivity contribution is 7.85. The van der Waals surface area contributed by atoms with Crippen LogP contribution in [0.2, 0.25) is 0 Å². The molecule has 1 rings (SSSR count). The number of amides is 1. The quantitative estimate of drug-likeness (QED) is 0.758. The number of hydrogen-bond donors (Lipinski definition) is 2. The summed E-state index contributed by atoms with van der Waals surface area (Å²) in [4.78, 5) is 11.9. The molecule has 0 spiro atoms. The molecule has 0 aliphatic carbocycles. The van der Waals surface area contributed by atoms with Crippen molar-refractivity contribution >= 4 is 21.7 Å². The number of anilines is 1. The van der Waals surface area contributed by atoms with Crippen molar-refractivity contribution in [2.24, 2.45) is 5.92 Å². The summed E-state index contributed by atoms with van der Waals surface area (Å²) in [6, 6.07) is 5.60. The van der Waals surface area contributed by atoms with Crippen molar-refractivity contribution in [3.05, 3.63) is 24.3 Å². The summed E-state index contributed by atoms with van der Waals surface area (Å²) in [5.41, 5.74) is 0.375. The van der Waals surface area contributed by atoms with E-state index in [-0.39, 0.29) is 16.7 Å². The first kappa shape index (κ1) is 16.7. The number of nitrogens with one attached hydrogen (secondary N) is 1. The van der Waals surface area contributed by atoms with Crippen LogP contribution in [0.1, 0.15) is 39.5 Å².